The minimum absolute atomic E-state index is 0.107. The number of aromatic nitrogens is 2. The van der Waals surface area contributed by atoms with Gasteiger partial charge in [0.15, 0.2) is 0 Å². The normalized spacial score (nSPS) is 10.9. The zero-order valence-corrected chi connectivity index (χ0v) is 12.6. The first-order valence-electron chi connectivity index (χ1n) is 5.82. The molecule has 2 rings (SSSR count). The van der Waals surface area contributed by atoms with E-state index in [4.69, 9.17) is 21.1 Å². The van der Waals surface area contributed by atoms with Gasteiger partial charge in [-0.25, -0.2) is 9.78 Å². The number of alkyl halides is 1. The first-order valence-corrected chi connectivity index (χ1v) is 7.18. The van der Waals surface area contributed by atoms with Gasteiger partial charge < -0.3 is 14.5 Å². The number of carbonyl (C=O) groups is 1. The van der Waals surface area contributed by atoms with Gasteiger partial charge in [0, 0.05) is 7.11 Å². The summed E-state index contributed by atoms with van der Waals surface area (Å²) in [6.45, 7) is 2.19. The maximum Gasteiger partial charge on any atom is 0.348 e. The number of hydrogen-bond donors (Lipinski definition) is 1. The minimum atomic E-state index is -0.477. The lowest BCUT2D eigenvalue weighted by Gasteiger charge is -2.02. The van der Waals surface area contributed by atoms with Crippen molar-refractivity contribution in [3.63, 3.8) is 0 Å². The van der Waals surface area contributed by atoms with Crippen LogP contribution in [0.4, 0.5) is 0 Å². The Labute approximate surface area is 123 Å². The molecule has 0 atom stereocenters. The maximum atomic E-state index is 12.0. The van der Waals surface area contributed by atoms with Gasteiger partial charge in [0.1, 0.15) is 22.1 Å². The predicted molar refractivity (Wildman–Crippen MR) is 76.7 cm³/mol. The first kappa shape index (κ1) is 15.0. The van der Waals surface area contributed by atoms with E-state index in [2.05, 4.69) is 9.97 Å². The quantitative estimate of drug-likeness (QED) is 0.517. The molecule has 0 radical (unpaired) electrons. The van der Waals surface area contributed by atoms with Crippen LogP contribution < -0.4 is 5.56 Å². The van der Waals surface area contributed by atoms with Gasteiger partial charge in [-0.15, -0.1) is 22.9 Å². The molecule has 0 unspecified atom stereocenters. The molecule has 0 aromatic carbocycles. The molecule has 2 aromatic rings. The van der Waals surface area contributed by atoms with E-state index in [0.29, 0.717) is 33.1 Å². The molecule has 0 aliphatic heterocycles. The van der Waals surface area contributed by atoms with Gasteiger partial charge in [0.05, 0.1) is 17.9 Å². The van der Waals surface area contributed by atoms with Crippen molar-refractivity contribution in [1.29, 1.82) is 0 Å². The van der Waals surface area contributed by atoms with Crippen LogP contribution in [0.2, 0.25) is 0 Å². The van der Waals surface area contributed by atoms with Crippen LogP contribution in [0.25, 0.3) is 10.2 Å². The second-order valence-electron chi connectivity index (χ2n) is 4.01. The van der Waals surface area contributed by atoms with Gasteiger partial charge in [0.25, 0.3) is 5.56 Å². The van der Waals surface area contributed by atoms with E-state index in [1.54, 1.807) is 6.92 Å². The van der Waals surface area contributed by atoms with Crippen LogP contribution in [0.1, 0.15) is 21.1 Å². The second-order valence-corrected chi connectivity index (χ2v) is 5.28. The summed E-state index contributed by atoms with van der Waals surface area (Å²) < 4.78 is 9.87. The Kier molecular flexibility index (Phi) is 4.74. The third-order valence-corrected chi connectivity index (χ3v) is 4.10. The van der Waals surface area contributed by atoms with E-state index < -0.39 is 5.97 Å². The number of thiophene rings is 1. The molecule has 0 aliphatic carbocycles. The van der Waals surface area contributed by atoms with Crippen LogP contribution >= 0.6 is 22.9 Å². The molecule has 20 heavy (non-hydrogen) atoms. The fourth-order valence-electron chi connectivity index (χ4n) is 1.73. The van der Waals surface area contributed by atoms with Gasteiger partial charge in [-0.3, -0.25) is 4.79 Å². The molecule has 2 heterocycles. The highest BCUT2D eigenvalue weighted by Gasteiger charge is 2.20. The lowest BCUT2D eigenvalue weighted by Crippen LogP contribution is -2.11. The number of fused-ring (bicyclic) bond motifs is 1. The molecule has 6 nitrogen and oxygen atoms in total. The van der Waals surface area contributed by atoms with Crippen LogP contribution in [0, 0.1) is 6.92 Å². The molecule has 0 spiro atoms. The smallest absolute Gasteiger partial charge is 0.348 e. The summed E-state index contributed by atoms with van der Waals surface area (Å²) in [5.41, 5.74) is 0.276. The van der Waals surface area contributed by atoms with E-state index in [0.717, 1.165) is 11.3 Å². The van der Waals surface area contributed by atoms with E-state index in [1.165, 1.54) is 7.11 Å². The Morgan fingerprint density at radius 3 is 2.85 bits per heavy atom. The van der Waals surface area contributed by atoms with Gasteiger partial charge in [-0.05, 0) is 12.5 Å². The maximum absolute atomic E-state index is 12.0. The summed E-state index contributed by atoms with van der Waals surface area (Å²) in [6, 6.07) is 0. The molecule has 1 N–H and O–H groups in total. The fourth-order valence-corrected chi connectivity index (χ4v) is 2.95. The Morgan fingerprint density at radius 1 is 1.45 bits per heavy atom. The van der Waals surface area contributed by atoms with E-state index >= 15 is 0 Å². The van der Waals surface area contributed by atoms with Crippen LogP contribution in [0.3, 0.4) is 0 Å². The van der Waals surface area contributed by atoms with Crippen molar-refractivity contribution in [3.8, 4) is 0 Å². The number of aromatic amines is 1. The molecule has 0 saturated heterocycles. The fraction of sp³-hybridized carbons (Fsp3) is 0.417. The lowest BCUT2D eigenvalue weighted by atomic mass is 10.2. The number of aryl methyl sites for hydroxylation is 1. The average Bonchev–Trinajstić information content (AvgIpc) is 2.76. The molecule has 108 valence electrons. The van der Waals surface area contributed by atoms with E-state index in [-0.39, 0.29) is 18.0 Å². The van der Waals surface area contributed by atoms with Gasteiger partial charge >= 0.3 is 5.97 Å². The van der Waals surface area contributed by atoms with Crippen molar-refractivity contribution in [3.05, 3.63) is 26.6 Å². The number of hydrogen-bond acceptors (Lipinski definition) is 6. The topological polar surface area (TPSA) is 81.3 Å². The van der Waals surface area contributed by atoms with Gasteiger partial charge in [-0.1, -0.05) is 0 Å². The van der Waals surface area contributed by atoms with Crippen molar-refractivity contribution in [2.24, 2.45) is 0 Å². The predicted octanol–water partition coefficient (Wildman–Crippen LogP) is 1.84. The Hall–Kier alpha value is -1.44. The largest absolute Gasteiger partial charge is 0.459 e. The molecule has 8 heteroatoms. The number of esters is 1. The molecule has 0 amide bonds. The number of halogens is 1. The summed E-state index contributed by atoms with van der Waals surface area (Å²) in [6.07, 6.45) is 0. The van der Waals surface area contributed by atoms with Crippen molar-refractivity contribution >= 4 is 39.1 Å². The second kappa shape index (κ2) is 6.34. The average molecular weight is 317 g/mol. The summed E-state index contributed by atoms with van der Waals surface area (Å²) in [4.78, 5) is 31.6. The third-order valence-electron chi connectivity index (χ3n) is 2.68. The van der Waals surface area contributed by atoms with Gasteiger partial charge in [-0.2, -0.15) is 0 Å². The number of carbonyl (C=O) groups excluding carboxylic acids is 1. The van der Waals surface area contributed by atoms with Gasteiger partial charge in [0.2, 0.25) is 0 Å². The lowest BCUT2D eigenvalue weighted by molar-refractivity contribution is 0.0393. The van der Waals surface area contributed by atoms with Crippen molar-refractivity contribution in [2.75, 3.05) is 20.3 Å². The van der Waals surface area contributed by atoms with Crippen LogP contribution in [-0.2, 0) is 15.4 Å². The molecule has 0 aliphatic rings. The summed E-state index contributed by atoms with van der Waals surface area (Å²) in [5.74, 6) is 0.00883. The van der Waals surface area contributed by atoms with Crippen molar-refractivity contribution < 1.29 is 14.3 Å². The molecule has 0 saturated carbocycles. The standard InChI is InChI=1S/C12H13ClN2O4S/c1-6-8-10(16)14-7(5-13)15-11(8)20-9(6)12(17)19-4-3-18-2/h3-5H2,1-2H3,(H,14,15,16). The molecule has 0 bridgehead atoms. The molecular formula is C12H13ClN2O4S. The first-order chi connectivity index (χ1) is 9.58. The highest BCUT2D eigenvalue weighted by atomic mass is 35.5. The zero-order chi connectivity index (χ0) is 14.7. The van der Waals surface area contributed by atoms with Crippen molar-refractivity contribution in [1.82, 2.24) is 9.97 Å². The minimum Gasteiger partial charge on any atom is -0.459 e. The number of rotatable bonds is 5. The zero-order valence-electron chi connectivity index (χ0n) is 11.0. The number of H-pyrrole nitrogens is 1. The van der Waals surface area contributed by atoms with Crippen LogP contribution in [0.15, 0.2) is 4.79 Å². The Morgan fingerprint density at radius 2 is 2.20 bits per heavy atom. The monoisotopic (exact) mass is 316 g/mol. The van der Waals surface area contributed by atoms with Crippen LogP contribution in [-0.4, -0.2) is 36.3 Å². The molecule has 0 fully saturated rings. The SMILES string of the molecule is COCCOC(=O)c1sc2nc(CCl)[nH]c(=O)c2c1C. The summed E-state index contributed by atoms with van der Waals surface area (Å²) >= 11 is 6.79. The number of nitrogens with zero attached hydrogens (tertiary/aromatic N) is 1. The molecule has 2 aromatic heterocycles. The Balaban J connectivity index is 2.40. The summed E-state index contributed by atoms with van der Waals surface area (Å²) in [7, 11) is 1.52. The Bertz CT molecular complexity index is 695. The van der Waals surface area contributed by atoms with Crippen molar-refractivity contribution in [2.45, 2.75) is 12.8 Å². The number of methoxy groups -OCH3 is 1. The highest BCUT2D eigenvalue weighted by molar-refractivity contribution is 7.20. The number of nitrogens with one attached hydrogen (secondary N) is 1. The number of ether oxygens (including phenoxy) is 2. The summed E-state index contributed by atoms with van der Waals surface area (Å²) in [5, 5.41) is 0.405. The van der Waals surface area contributed by atoms with E-state index in [9.17, 15) is 9.59 Å². The van der Waals surface area contributed by atoms with Crippen LogP contribution in [0.5, 0.6) is 0 Å². The van der Waals surface area contributed by atoms with E-state index in [1.807, 2.05) is 0 Å². The third kappa shape index (κ3) is 2.84. The highest BCUT2D eigenvalue weighted by Crippen LogP contribution is 2.27. The molecular weight excluding hydrogens is 304 g/mol.